The zero-order chi connectivity index (χ0) is 8.39. The lowest BCUT2D eigenvalue weighted by atomic mass is 10.1. The Balaban J connectivity index is 2.21. The molecule has 1 aliphatic rings. The summed E-state index contributed by atoms with van der Waals surface area (Å²) < 4.78 is 0. The molecule has 0 amide bonds. The van der Waals surface area contributed by atoms with Crippen molar-refractivity contribution in [2.24, 2.45) is 0 Å². The van der Waals surface area contributed by atoms with Crippen molar-refractivity contribution in [3.63, 3.8) is 0 Å². The van der Waals surface area contributed by atoms with E-state index >= 15 is 0 Å². The van der Waals surface area contributed by atoms with Gasteiger partial charge in [0.15, 0.2) is 0 Å². The van der Waals surface area contributed by atoms with E-state index in [1.54, 1.807) is 0 Å². The van der Waals surface area contributed by atoms with E-state index in [0.29, 0.717) is 6.04 Å². The van der Waals surface area contributed by atoms with Crippen LogP contribution in [0.1, 0.15) is 30.4 Å². The molecule has 2 rings (SSSR count). The Kier molecular flexibility index (Phi) is 2.04. The highest BCUT2D eigenvalue weighted by molar-refractivity contribution is 5.08. The molecule has 0 unspecified atom stereocenters. The smallest absolute Gasteiger partial charge is 0.125 e. The molecular formula is C9H13N3. The molecule has 0 radical (unpaired) electrons. The molecule has 12 heavy (non-hydrogen) atoms. The van der Waals surface area contributed by atoms with Gasteiger partial charge in [0.25, 0.3) is 0 Å². The number of hydrogen-bond donors (Lipinski definition) is 1. The van der Waals surface area contributed by atoms with Crippen molar-refractivity contribution in [2.75, 3.05) is 6.54 Å². The molecule has 1 aromatic heterocycles. The number of rotatable bonds is 1. The predicted molar refractivity (Wildman–Crippen MR) is 46.7 cm³/mol. The molecule has 0 aromatic carbocycles. The van der Waals surface area contributed by atoms with Gasteiger partial charge in [-0.25, -0.2) is 9.97 Å². The first kappa shape index (κ1) is 7.68. The third-order valence-corrected chi connectivity index (χ3v) is 2.21. The minimum Gasteiger partial charge on any atom is -0.309 e. The molecule has 1 aromatic rings. The van der Waals surface area contributed by atoms with Gasteiger partial charge in [0, 0.05) is 12.2 Å². The molecule has 1 aliphatic heterocycles. The minimum atomic E-state index is 0.465. The summed E-state index contributed by atoms with van der Waals surface area (Å²) in [6, 6.07) is 2.46. The summed E-state index contributed by atoms with van der Waals surface area (Å²) in [4.78, 5) is 8.45. The summed E-state index contributed by atoms with van der Waals surface area (Å²) in [6.45, 7) is 3.05. The Morgan fingerprint density at radius 3 is 3.17 bits per heavy atom. The van der Waals surface area contributed by atoms with Crippen LogP contribution in [0.15, 0.2) is 12.3 Å². The monoisotopic (exact) mass is 163 g/mol. The van der Waals surface area contributed by atoms with Gasteiger partial charge in [0.1, 0.15) is 5.82 Å². The Labute approximate surface area is 72.2 Å². The Morgan fingerprint density at radius 2 is 2.50 bits per heavy atom. The molecule has 64 valence electrons. The van der Waals surface area contributed by atoms with Gasteiger partial charge in [-0.3, -0.25) is 0 Å². The van der Waals surface area contributed by atoms with Gasteiger partial charge in [-0.1, -0.05) is 0 Å². The molecule has 1 N–H and O–H groups in total. The van der Waals surface area contributed by atoms with Crippen LogP contribution in [-0.4, -0.2) is 16.5 Å². The van der Waals surface area contributed by atoms with E-state index in [4.69, 9.17) is 0 Å². The summed E-state index contributed by atoms with van der Waals surface area (Å²) in [5.74, 6) is 0.862. The van der Waals surface area contributed by atoms with Crippen molar-refractivity contribution in [3.8, 4) is 0 Å². The molecule has 3 nitrogen and oxygen atoms in total. The van der Waals surface area contributed by atoms with Crippen LogP contribution in [-0.2, 0) is 0 Å². The SMILES string of the molecule is Cc1nccc([C@@H]2CCCN2)n1. The van der Waals surface area contributed by atoms with Crippen molar-refractivity contribution in [1.29, 1.82) is 0 Å². The van der Waals surface area contributed by atoms with Crippen LogP contribution in [0.5, 0.6) is 0 Å². The Hall–Kier alpha value is -0.960. The second kappa shape index (κ2) is 3.19. The summed E-state index contributed by atoms with van der Waals surface area (Å²) in [7, 11) is 0. The molecule has 1 fully saturated rings. The first-order valence-corrected chi connectivity index (χ1v) is 4.39. The van der Waals surface area contributed by atoms with E-state index in [-0.39, 0.29) is 0 Å². The fraction of sp³-hybridized carbons (Fsp3) is 0.556. The maximum Gasteiger partial charge on any atom is 0.125 e. The largest absolute Gasteiger partial charge is 0.309 e. The van der Waals surface area contributed by atoms with E-state index in [0.717, 1.165) is 18.1 Å². The predicted octanol–water partition coefficient (Wildman–Crippen LogP) is 1.21. The van der Waals surface area contributed by atoms with E-state index in [1.807, 2.05) is 19.2 Å². The molecule has 1 saturated heterocycles. The van der Waals surface area contributed by atoms with Crippen LogP contribution in [0.4, 0.5) is 0 Å². The van der Waals surface area contributed by atoms with Gasteiger partial charge in [-0.15, -0.1) is 0 Å². The first-order chi connectivity index (χ1) is 5.86. The van der Waals surface area contributed by atoms with E-state index in [1.165, 1.54) is 12.8 Å². The van der Waals surface area contributed by atoms with Crippen LogP contribution in [0.3, 0.4) is 0 Å². The zero-order valence-electron chi connectivity index (χ0n) is 7.25. The van der Waals surface area contributed by atoms with Crippen LogP contribution >= 0.6 is 0 Å². The summed E-state index contributed by atoms with van der Waals surface area (Å²) in [5.41, 5.74) is 1.14. The van der Waals surface area contributed by atoms with E-state index in [9.17, 15) is 0 Å². The number of aromatic nitrogens is 2. The van der Waals surface area contributed by atoms with Gasteiger partial charge < -0.3 is 5.32 Å². The van der Waals surface area contributed by atoms with Crippen molar-refractivity contribution in [2.45, 2.75) is 25.8 Å². The fourth-order valence-corrected chi connectivity index (χ4v) is 1.61. The lowest BCUT2D eigenvalue weighted by Crippen LogP contribution is -2.14. The van der Waals surface area contributed by atoms with E-state index < -0.39 is 0 Å². The zero-order valence-corrected chi connectivity index (χ0v) is 7.25. The fourth-order valence-electron chi connectivity index (χ4n) is 1.61. The first-order valence-electron chi connectivity index (χ1n) is 4.39. The highest BCUT2D eigenvalue weighted by Crippen LogP contribution is 2.20. The summed E-state index contributed by atoms with van der Waals surface area (Å²) >= 11 is 0. The van der Waals surface area contributed by atoms with Gasteiger partial charge in [-0.05, 0) is 32.4 Å². The maximum atomic E-state index is 4.38. The number of nitrogens with one attached hydrogen (secondary N) is 1. The maximum absolute atomic E-state index is 4.38. The molecular weight excluding hydrogens is 150 g/mol. The second-order valence-corrected chi connectivity index (χ2v) is 3.18. The molecule has 0 spiro atoms. The number of aryl methyl sites for hydroxylation is 1. The number of hydrogen-bond acceptors (Lipinski definition) is 3. The van der Waals surface area contributed by atoms with E-state index in [2.05, 4.69) is 15.3 Å². The summed E-state index contributed by atoms with van der Waals surface area (Å²) in [5, 5.41) is 3.41. The lowest BCUT2D eigenvalue weighted by Gasteiger charge is -2.08. The highest BCUT2D eigenvalue weighted by Gasteiger charge is 2.16. The lowest BCUT2D eigenvalue weighted by molar-refractivity contribution is 0.622. The Morgan fingerprint density at radius 1 is 1.58 bits per heavy atom. The highest BCUT2D eigenvalue weighted by atomic mass is 15.0. The number of nitrogens with zero attached hydrogens (tertiary/aromatic N) is 2. The third kappa shape index (κ3) is 1.46. The summed E-state index contributed by atoms with van der Waals surface area (Å²) in [6.07, 6.45) is 4.29. The molecule has 3 heteroatoms. The topological polar surface area (TPSA) is 37.8 Å². The minimum absolute atomic E-state index is 0.465. The van der Waals surface area contributed by atoms with Crippen LogP contribution in [0.25, 0.3) is 0 Å². The molecule has 0 bridgehead atoms. The van der Waals surface area contributed by atoms with Crippen LogP contribution in [0.2, 0.25) is 0 Å². The average molecular weight is 163 g/mol. The van der Waals surface area contributed by atoms with Crippen molar-refractivity contribution in [1.82, 2.24) is 15.3 Å². The quantitative estimate of drug-likeness (QED) is 0.676. The van der Waals surface area contributed by atoms with Gasteiger partial charge in [0.05, 0.1) is 5.69 Å². The van der Waals surface area contributed by atoms with Crippen LogP contribution < -0.4 is 5.32 Å². The second-order valence-electron chi connectivity index (χ2n) is 3.18. The van der Waals surface area contributed by atoms with Gasteiger partial charge >= 0.3 is 0 Å². The van der Waals surface area contributed by atoms with Crippen molar-refractivity contribution in [3.05, 3.63) is 23.8 Å². The third-order valence-electron chi connectivity index (χ3n) is 2.21. The Bertz CT molecular complexity index is 266. The van der Waals surface area contributed by atoms with Crippen LogP contribution in [0, 0.1) is 6.92 Å². The normalized spacial score (nSPS) is 22.9. The molecule has 0 aliphatic carbocycles. The van der Waals surface area contributed by atoms with Gasteiger partial charge in [-0.2, -0.15) is 0 Å². The average Bonchev–Trinajstić information content (AvgIpc) is 2.56. The van der Waals surface area contributed by atoms with Crippen molar-refractivity contribution >= 4 is 0 Å². The molecule has 2 heterocycles. The van der Waals surface area contributed by atoms with Crippen molar-refractivity contribution < 1.29 is 0 Å². The van der Waals surface area contributed by atoms with Gasteiger partial charge in [0.2, 0.25) is 0 Å². The molecule has 1 atom stereocenters. The molecule has 0 saturated carbocycles. The standard InChI is InChI=1S/C9H13N3/c1-7-10-6-4-9(12-7)8-3-2-5-11-8/h4,6,8,11H,2-3,5H2,1H3/t8-/m0/s1.